The first-order chi connectivity index (χ1) is 17.4. The van der Waals surface area contributed by atoms with E-state index < -0.39 is 0 Å². The fraction of sp³-hybridized carbons (Fsp3) is 0.133. The van der Waals surface area contributed by atoms with Gasteiger partial charge in [-0.15, -0.1) is 11.3 Å². The molecule has 0 aliphatic heterocycles. The number of thiophene rings is 1. The largest absolute Gasteiger partial charge is 0.494 e. The van der Waals surface area contributed by atoms with E-state index in [9.17, 15) is 4.79 Å². The maximum Gasteiger partial charge on any atom is 0.267 e. The molecule has 0 saturated heterocycles. The first-order valence-electron chi connectivity index (χ1n) is 11.8. The lowest BCUT2D eigenvalue weighted by Gasteiger charge is -2.10. The van der Waals surface area contributed by atoms with Gasteiger partial charge in [0.25, 0.3) is 5.91 Å². The molecule has 0 aliphatic rings. The topological polar surface area (TPSA) is 77.2 Å². The van der Waals surface area contributed by atoms with Crippen molar-refractivity contribution in [3.05, 3.63) is 94.9 Å². The van der Waals surface area contributed by atoms with E-state index in [1.54, 1.807) is 0 Å². The quantitative estimate of drug-likeness (QED) is 0.257. The highest BCUT2D eigenvalue weighted by molar-refractivity contribution is 7.21. The Morgan fingerprint density at radius 1 is 0.944 bits per heavy atom. The Kier molecular flexibility index (Phi) is 6.44. The van der Waals surface area contributed by atoms with E-state index in [1.165, 1.54) is 11.3 Å². The summed E-state index contributed by atoms with van der Waals surface area (Å²) in [6.45, 7) is 6.59. The van der Waals surface area contributed by atoms with Crippen molar-refractivity contribution in [3.8, 4) is 28.1 Å². The average Bonchev–Trinajstić information content (AvgIpc) is 3.20. The number of fused-ring (bicyclic) bond motifs is 1. The zero-order chi connectivity index (χ0) is 25.2. The van der Waals surface area contributed by atoms with Gasteiger partial charge in [0.1, 0.15) is 15.5 Å². The molecule has 1 amide bonds. The van der Waals surface area contributed by atoms with Gasteiger partial charge in [-0.2, -0.15) is 0 Å². The monoisotopic (exact) mass is 493 g/mol. The van der Waals surface area contributed by atoms with Gasteiger partial charge >= 0.3 is 0 Å². The number of nitrogens with one attached hydrogen (secondary N) is 1. The predicted octanol–water partition coefficient (Wildman–Crippen LogP) is 7.48. The highest BCUT2D eigenvalue weighted by Gasteiger charge is 2.22. The summed E-state index contributed by atoms with van der Waals surface area (Å²) in [5, 5.41) is 3.81. The van der Waals surface area contributed by atoms with Gasteiger partial charge in [-0.3, -0.25) is 4.79 Å². The highest BCUT2D eigenvalue weighted by atomic mass is 32.1. The first-order valence-corrected chi connectivity index (χ1v) is 12.7. The molecule has 0 radical (unpaired) electrons. The Hall–Kier alpha value is -4.16. The Morgan fingerprint density at radius 3 is 2.31 bits per heavy atom. The van der Waals surface area contributed by atoms with Crippen LogP contribution in [-0.2, 0) is 0 Å². The summed E-state index contributed by atoms with van der Waals surface area (Å²) in [7, 11) is 0. The second-order valence-corrected chi connectivity index (χ2v) is 9.73. The number of hydrogen-bond donors (Lipinski definition) is 2. The molecular weight excluding hydrogens is 466 g/mol. The maximum absolute atomic E-state index is 13.3. The fourth-order valence-electron chi connectivity index (χ4n) is 4.41. The van der Waals surface area contributed by atoms with E-state index in [4.69, 9.17) is 15.5 Å². The van der Waals surface area contributed by atoms with E-state index in [2.05, 4.69) is 11.4 Å². The summed E-state index contributed by atoms with van der Waals surface area (Å²) in [6.07, 6.45) is 0. The number of nitrogens with two attached hydrogens (primary N) is 1. The number of ether oxygens (including phenoxy) is 1. The normalized spacial score (nSPS) is 11.0. The van der Waals surface area contributed by atoms with Crippen molar-refractivity contribution in [2.45, 2.75) is 20.8 Å². The second kappa shape index (κ2) is 9.84. The molecule has 0 bridgehead atoms. The lowest BCUT2D eigenvalue weighted by atomic mass is 9.99. The number of carbonyl (C=O) groups excluding carboxylic acids is 1. The van der Waals surface area contributed by atoms with Crippen molar-refractivity contribution in [2.24, 2.45) is 0 Å². The van der Waals surface area contributed by atoms with Crippen LogP contribution in [0.4, 0.5) is 11.4 Å². The lowest BCUT2D eigenvalue weighted by molar-refractivity contribution is 0.103. The zero-order valence-corrected chi connectivity index (χ0v) is 21.3. The Labute approximate surface area is 214 Å². The maximum atomic E-state index is 13.3. The summed E-state index contributed by atoms with van der Waals surface area (Å²) < 4.78 is 5.59. The molecule has 6 heteroatoms. The Morgan fingerprint density at radius 2 is 1.64 bits per heavy atom. The lowest BCUT2D eigenvalue weighted by Crippen LogP contribution is -2.12. The van der Waals surface area contributed by atoms with E-state index >= 15 is 0 Å². The van der Waals surface area contributed by atoms with Gasteiger partial charge in [-0.1, -0.05) is 36.4 Å². The number of hydrogen-bond acceptors (Lipinski definition) is 5. The van der Waals surface area contributed by atoms with Crippen LogP contribution < -0.4 is 15.8 Å². The molecule has 3 N–H and O–H groups in total. The molecular formula is C30H27N3O2S. The molecule has 5 rings (SSSR count). The molecule has 2 heterocycles. The molecule has 0 atom stereocenters. The van der Waals surface area contributed by atoms with Gasteiger partial charge in [0.15, 0.2) is 0 Å². The average molecular weight is 494 g/mol. The van der Waals surface area contributed by atoms with Gasteiger partial charge in [0.05, 0.1) is 18.0 Å². The summed E-state index contributed by atoms with van der Waals surface area (Å²) in [5.41, 5.74) is 13.7. The fourth-order valence-corrected chi connectivity index (χ4v) is 5.42. The Bertz CT molecular complexity index is 1540. The number of amides is 1. The standard InChI is InChI=1S/C30H27N3O2S/c1-4-35-23-12-10-21(11-13-23)25-17-24(20-8-6-5-7-9-20)26-27(31)28(36-30(26)33-25)29(34)32-22-15-18(2)14-19(3)16-22/h5-17H,4,31H2,1-3H3,(H,32,34). The SMILES string of the molecule is CCOc1ccc(-c2cc(-c3ccccc3)c3c(N)c(C(=O)Nc4cc(C)cc(C)c4)sc3n2)cc1. The molecule has 36 heavy (non-hydrogen) atoms. The minimum atomic E-state index is -0.234. The number of aromatic nitrogens is 1. The number of carbonyl (C=O) groups is 1. The summed E-state index contributed by atoms with van der Waals surface area (Å²) in [4.78, 5) is 19.4. The third-order valence-electron chi connectivity index (χ3n) is 5.93. The predicted molar refractivity (Wildman–Crippen MR) is 150 cm³/mol. The van der Waals surface area contributed by atoms with Crippen molar-refractivity contribution in [1.29, 1.82) is 0 Å². The molecule has 3 aromatic carbocycles. The van der Waals surface area contributed by atoms with Crippen molar-refractivity contribution < 1.29 is 9.53 Å². The van der Waals surface area contributed by atoms with Crippen LogP contribution in [0.2, 0.25) is 0 Å². The number of nitrogens with zero attached hydrogens (tertiary/aromatic N) is 1. The van der Waals surface area contributed by atoms with Crippen molar-refractivity contribution in [3.63, 3.8) is 0 Å². The zero-order valence-electron chi connectivity index (χ0n) is 20.5. The molecule has 0 saturated carbocycles. The van der Waals surface area contributed by atoms with E-state index in [1.807, 2.05) is 93.6 Å². The number of aryl methyl sites for hydroxylation is 2. The van der Waals surface area contributed by atoms with Crippen molar-refractivity contribution >= 4 is 38.8 Å². The van der Waals surface area contributed by atoms with Crippen LogP contribution in [0.3, 0.4) is 0 Å². The third kappa shape index (κ3) is 4.68. The molecule has 5 aromatic rings. The summed E-state index contributed by atoms with van der Waals surface area (Å²) >= 11 is 1.32. The second-order valence-electron chi connectivity index (χ2n) is 8.73. The van der Waals surface area contributed by atoms with Crippen LogP contribution in [0.15, 0.2) is 78.9 Å². The Balaban J connectivity index is 1.62. The molecule has 180 valence electrons. The number of benzene rings is 3. The molecule has 2 aromatic heterocycles. The first kappa shape index (κ1) is 23.6. The van der Waals surface area contributed by atoms with E-state index in [0.717, 1.165) is 55.2 Å². The van der Waals surface area contributed by atoms with E-state index in [0.29, 0.717) is 17.2 Å². The summed E-state index contributed by atoms with van der Waals surface area (Å²) in [5.74, 6) is 0.582. The van der Waals surface area contributed by atoms with Gasteiger partial charge in [0.2, 0.25) is 0 Å². The summed E-state index contributed by atoms with van der Waals surface area (Å²) in [6, 6.07) is 26.0. The van der Waals surface area contributed by atoms with Crippen LogP contribution in [0.25, 0.3) is 32.6 Å². The molecule has 0 fully saturated rings. The van der Waals surface area contributed by atoms with Gasteiger partial charge in [0, 0.05) is 16.6 Å². The van der Waals surface area contributed by atoms with Crippen LogP contribution in [0, 0.1) is 13.8 Å². The number of pyridine rings is 1. The van der Waals surface area contributed by atoms with Gasteiger partial charge in [-0.25, -0.2) is 4.98 Å². The minimum Gasteiger partial charge on any atom is -0.494 e. The number of rotatable bonds is 6. The van der Waals surface area contributed by atoms with Crippen LogP contribution in [-0.4, -0.2) is 17.5 Å². The van der Waals surface area contributed by atoms with Crippen LogP contribution >= 0.6 is 11.3 Å². The van der Waals surface area contributed by atoms with Crippen LogP contribution in [0.1, 0.15) is 27.7 Å². The molecule has 0 spiro atoms. The van der Waals surface area contributed by atoms with Crippen molar-refractivity contribution in [1.82, 2.24) is 4.98 Å². The van der Waals surface area contributed by atoms with E-state index in [-0.39, 0.29) is 5.91 Å². The minimum absolute atomic E-state index is 0.234. The molecule has 5 nitrogen and oxygen atoms in total. The van der Waals surface area contributed by atoms with Gasteiger partial charge < -0.3 is 15.8 Å². The van der Waals surface area contributed by atoms with Crippen molar-refractivity contribution in [2.75, 3.05) is 17.7 Å². The third-order valence-corrected chi connectivity index (χ3v) is 7.03. The molecule has 0 unspecified atom stereocenters. The smallest absolute Gasteiger partial charge is 0.267 e. The van der Waals surface area contributed by atoms with Crippen LogP contribution in [0.5, 0.6) is 5.75 Å². The molecule has 0 aliphatic carbocycles. The number of nitrogen functional groups attached to an aromatic ring is 1. The highest BCUT2D eigenvalue weighted by Crippen LogP contribution is 2.41. The van der Waals surface area contributed by atoms with Gasteiger partial charge in [-0.05, 0) is 85.5 Å². The number of anilines is 2.